The molecule has 0 aromatic heterocycles. The van der Waals surface area contributed by atoms with Gasteiger partial charge in [-0.05, 0) is 18.6 Å². The van der Waals surface area contributed by atoms with Crippen LogP contribution in [0.3, 0.4) is 0 Å². The molecule has 0 radical (unpaired) electrons. The maximum Gasteiger partial charge on any atom is 0.407 e. The van der Waals surface area contributed by atoms with Crippen molar-refractivity contribution in [3.05, 3.63) is 30.3 Å². The van der Waals surface area contributed by atoms with Gasteiger partial charge in [0.2, 0.25) is 0 Å². The molecule has 1 saturated heterocycles. The van der Waals surface area contributed by atoms with Gasteiger partial charge >= 0.3 is 6.09 Å². The third-order valence-electron chi connectivity index (χ3n) is 3.04. The van der Waals surface area contributed by atoms with Crippen LogP contribution < -0.4 is 5.32 Å². The van der Waals surface area contributed by atoms with E-state index in [1.165, 1.54) is 4.90 Å². The van der Waals surface area contributed by atoms with Crippen LogP contribution in [0.4, 0.5) is 4.79 Å². The molecule has 1 aromatic carbocycles. The van der Waals surface area contributed by atoms with Gasteiger partial charge in [0.1, 0.15) is 6.10 Å². The van der Waals surface area contributed by atoms with Gasteiger partial charge in [0.05, 0.1) is 6.04 Å². The smallest absolute Gasteiger partial charge is 0.407 e. The lowest BCUT2D eigenvalue weighted by Crippen LogP contribution is -2.32. The summed E-state index contributed by atoms with van der Waals surface area (Å²) < 4.78 is 5.32. The van der Waals surface area contributed by atoms with E-state index in [0.717, 1.165) is 25.0 Å². The predicted molar refractivity (Wildman–Crippen MR) is 73.9 cm³/mol. The number of rotatable bonds is 6. The molecule has 3 nitrogen and oxygen atoms in total. The van der Waals surface area contributed by atoms with Gasteiger partial charge in [0.15, 0.2) is 0 Å². The molecule has 1 aromatic rings. The van der Waals surface area contributed by atoms with Crippen LogP contribution in [0.5, 0.6) is 0 Å². The summed E-state index contributed by atoms with van der Waals surface area (Å²) in [6, 6.07) is 10.4. The molecule has 0 aliphatic carbocycles. The lowest BCUT2D eigenvalue weighted by atomic mass is 10.1. The molecular formula is C14H19NO2S. The number of cyclic esters (lactones) is 1. The highest BCUT2D eigenvalue weighted by molar-refractivity contribution is 7.99. The maximum absolute atomic E-state index is 11.3. The van der Waals surface area contributed by atoms with Crippen LogP contribution >= 0.6 is 11.8 Å². The number of ether oxygens (including phenoxy) is 1. The number of carbonyl (C=O) groups is 1. The number of amides is 1. The number of unbranched alkanes of at least 4 members (excludes halogenated alkanes) is 1. The first-order valence-corrected chi connectivity index (χ1v) is 7.43. The topological polar surface area (TPSA) is 38.3 Å². The third kappa shape index (κ3) is 3.67. The van der Waals surface area contributed by atoms with Gasteiger partial charge in [-0.25, -0.2) is 4.79 Å². The molecule has 1 amide bonds. The van der Waals surface area contributed by atoms with Gasteiger partial charge in [-0.3, -0.25) is 0 Å². The van der Waals surface area contributed by atoms with E-state index in [1.807, 2.05) is 18.2 Å². The average molecular weight is 265 g/mol. The highest BCUT2D eigenvalue weighted by Gasteiger charge is 2.33. The molecule has 18 heavy (non-hydrogen) atoms. The zero-order chi connectivity index (χ0) is 12.8. The van der Waals surface area contributed by atoms with Crippen molar-refractivity contribution in [3.8, 4) is 0 Å². The molecule has 2 atom stereocenters. The van der Waals surface area contributed by atoms with Crippen molar-refractivity contribution < 1.29 is 9.53 Å². The standard InChI is InChI=1S/C14H19NO2S/c1-2-3-9-12-13(17-14(16)15-12)10-18-11-7-5-4-6-8-11/h4-8,12-13H,2-3,9-10H2,1H3,(H,15,16)/t12-,13+/m0/s1. The van der Waals surface area contributed by atoms with E-state index in [1.54, 1.807) is 11.8 Å². The molecule has 0 bridgehead atoms. The number of hydrogen-bond acceptors (Lipinski definition) is 3. The lowest BCUT2D eigenvalue weighted by molar-refractivity contribution is 0.142. The van der Waals surface area contributed by atoms with E-state index >= 15 is 0 Å². The van der Waals surface area contributed by atoms with Gasteiger partial charge in [-0.1, -0.05) is 38.0 Å². The number of benzene rings is 1. The van der Waals surface area contributed by atoms with Crippen molar-refractivity contribution in [1.82, 2.24) is 5.32 Å². The molecule has 0 saturated carbocycles. The van der Waals surface area contributed by atoms with Crippen LogP contribution in [-0.2, 0) is 4.74 Å². The van der Waals surface area contributed by atoms with Crippen LogP contribution in [0.2, 0.25) is 0 Å². The van der Waals surface area contributed by atoms with Crippen molar-refractivity contribution in [2.75, 3.05) is 5.75 Å². The predicted octanol–water partition coefficient (Wildman–Crippen LogP) is 3.45. The minimum atomic E-state index is -0.269. The fourth-order valence-corrected chi connectivity index (χ4v) is 3.03. The summed E-state index contributed by atoms with van der Waals surface area (Å²) in [4.78, 5) is 12.5. The Balaban J connectivity index is 1.85. The minimum absolute atomic E-state index is 0.00532. The number of nitrogens with one attached hydrogen (secondary N) is 1. The normalized spacial score (nSPS) is 22.6. The molecule has 98 valence electrons. The Bertz CT molecular complexity index is 383. The van der Waals surface area contributed by atoms with E-state index in [-0.39, 0.29) is 18.2 Å². The van der Waals surface area contributed by atoms with Crippen LogP contribution in [0.25, 0.3) is 0 Å². The first-order valence-electron chi connectivity index (χ1n) is 6.44. The van der Waals surface area contributed by atoms with Gasteiger partial charge in [0.25, 0.3) is 0 Å². The number of alkyl carbamates (subject to hydrolysis) is 1. The van der Waals surface area contributed by atoms with E-state index < -0.39 is 0 Å². The minimum Gasteiger partial charge on any atom is -0.443 e. The van der Waals surface area contributed by atoms with Crippen molar-refractivity contribution in [2.24, 2.45) is 0 Å². The average Bonchev–Trinajstić information content (AvgIpc) is 2.75. The summed E-state index contributed by atoms with van der Waals surface area (Å²) in [6.07, 6.45) is 3.00. The highest BCUT2D eigenvalue weighted by Crippen LogP contribution is 2.24. The Kier molecular flexibility index (Phi) is 4.93. The van der Waals surface area contributed by atoms with Gasteiger partial charge in [0, 0.05) is 10.6 Å². The summed E-state index contributed by atoms with van der Waals surface area (Å²) in [5, 5.41) is 2.90. The zero-order valence-electron chi connectivity index (χ0n) is 10.6. The number of hydrogen-bond donors (Lipinski definition) is 1. The number of carbonyl (C=O) groups excluding carboxylic acids is 1. The number of thioether (sulfide) groups is 1. The Labute approximate surface area is 112 Å². The van der Waals surface area contributed by atoms with Crippen molar-refractivity contribution in [3.63, 3.8) is 0 Å². The van der Waals surface area contributed by atoms with Gasteiger partial charge in [-0.15, -0.1) is 11.8 Å². The largest absolute Gasteiger partial charge is 0.443 e. The SMILES string of the molecule is CCCC[C@@H]1NC(=O)O[C@@H]1CSc1ccccc1. The highest BCUT2D eigenvalue weighted by atomic mass is 32.2. The molecule has 0 spiro atoms. The Hall–Kier alpha value is -1.16. The van der Waals surface area contributed by atoms with E-state index in [0.29, 0.717) is 0 Å². The molecule has 1 fully saturated rings. The monoisotopic (exact) mass is 265 g/mol. The van der Waals surface area contributed by atoms with Crippen LogP contribution in [0.1, 0.15) is 26.2 Å². The second-order valence-electron chi connectivity index (χ2n) is 4.46. The van der Waals surface area contributed by atoms with E-state index in [4.69, 9.17) is 4.74 Å². The van der Waals surface area contributed by atoms with Crippen LogP contribution in [0.15, 0.2) is 35.2 Å². The second kappa shape index (κ2) is 6.69. The molecule has 0 unspecified atom stereocenters. The lowest BCUT2D eigenvalue weighted by Gasteiger charge is -2.16. The summed E-state index contributed by atoms with van der Waals surface area (Å²) >= 11 is 1.74. The van der Waals surface area contributed by atoms with Crippen molar-refractivity contribution >= 4 is 17.9 Å². The molecule has 2 rings (SSSR count). The first kappa shape index (κ1) is 13.3. The molecule has 1 aliphatic rings. The summed E-state index contributed by atoms with van der Waals surface area (Å²) in [6.45, 7) is 2.16. The summed E-state index contributed by atoms with van der Waals surface area (Å²) in [7, 11) is 0. The van der Waals surface area contributed by atoms with Crippen molar-refractivity contribution in [2.45, 2.75) is 43.2 Å². The Morgan fingerprint density at radius 2 is 2.11 bits per heavy atom. The van der Waals surface area contributed by atoms with Crippen LogP contribution in [-0.4, -0.2) is 24.0 Å². The molecule has 4 heteroatoms. The fourth-order valence-electron chi connectivity index (χ4n) is 2.03. The van der Waals surface area contributed by atoms with Gasteiger partial charge < -0.3 is 10.1 Å². The van der Waals surface area contributed by atoms with Gasteiger partial charge in [-0.2, -0.15) is 0 Å². The molecule has 1 heterocycles. The second-order valence-corrected chi connectivity index (χ2v) is 5.55. The zero-order valence-corrected chi connectivity index (χ0v) is 11.4. The Morgan fingerprint density at radius 3 is 2.83 bits per heavy atom. The molecule has 1 N–H and O–H groups in total. The third-order valence-corrected chi connectivity index (χ3v) is 4.14. The summed E-state index contributed by atoms with van der Waals surface area (Å²) in [5.74, 6) is 0.817. The quantitative estimate of drug-likeness (QED) is 0.801. The Morgan fingerprint density at radius 1 is 1.33 bits per heavy atom. The van der Waals surface area contributed by atoms with Crippen molar-refractivity contribution in [1.29, 1.82) is 0 Å². The first-order chi connectivity index (χ1) is 8.79. The summed E-state index contributed by atoms with van der Waals surface area (Å²) in [5.41, 5.74) is 0. The molecule has 1 aliphatic heterocycles. The van der Waals surface area contributed by atoms with E-state index in [9.17, 15) is 4.79 Å². The maximum atomic E-state index is 11.3. The molecular weight excluding hydrogens is 246 g/mol. The van der Waals surface area contributed by atoms with E-state index in [2.05, 4.69) is 24.4 Å². The van der Waals surface area contributed by atoms with Crippen LogP contribution in [0, 0.1) is 0 Å². The fraction of sp³-hybridized carbons (Fsp3) is 0.500.